The molecule has 1 rings (SSSR count). The van der Waals surface area contributed by atoms with Crippen LogP contribution in [0.1, 0.15) is 26.7 Å². The first-order valence-corrected chi connectivity index (χ1v) is 6.14. The van der Waals surface area contributed by atoms with Crippen LogP contribution in [-0.2, 0) is 9.53 Å². The molecule has 0 aromatic rings. The van der Waals surface area contributed by atoms with Crippen LogP contribution in [0.15, 0.2) is 0 Å². The number of carbonyl (C=O) groups excluding carboxylic acids is 1. The first kappa shape index (κ1) is 12.8. The van der Waals surface area contributed by atoms with Gasteiger partial charge in [0.25, 0.3) is 0 Å². The lowest BCUT2D eigenvalue weighted by atomic mass is 10.0. The van der Waals surface area contributed by atoms with Crippen molar-refractivity contribution in [3.63, 3.8) is 0 Å². The molecule has 1 amide bonds. The lowest BCUT2D eigenvalue weighted by Crippen LogP contribution is -2.36. The van der Waals surface area contributed by atoms with Crippen LogP contribution < -0.4 is 5.32 Å². The van der Waals surface area contributed by atoms with Gasteiger partial charge in [-0.3, -0.25) is 4.79 Å². The number of carbonyl (C=O) groups is 1. The van der Waals surface area contributed by atoms with Gasteiger partial charge in [-0.15, -0.1) is 11.6 Å². The number of hydrogen-bond donors (Lipinski definition) is 1. The van der Waals surface area contributed by atoms with E-state index in [9.17, 15) is 4.79 Å². The summed E-state index contributed by atoms with van der Waals surface area (Å²) in [6.07, 6.45) is 1.85. The predicted molar refractivity (Wildman–Crippen MR) is 61.0 cm³/mol. The minimum Gasteiger partial charge on any atom is -0.378 e. The maximum Gasteiger partial charge on any atom is 0.225 e. The fourth-order valence-electron chi connectivity index (χ4n) is 1.77. The molecule has 3 nitrogen and oxygen atoms in total. The van der Waals surface area contributed by atoms with Gasteiger partial charge in [0.1, 0.15) is 0 Å². The molecule has 0 spiro atoms. The average Bonchev–Trinajstić information content (AvgIpc) is 2.61. The highest BCUT2D eigenvalue weighted by Gasteiger charge is 2.30. The molecule has 0 aliphatic carbocycles. The van der Waals surface area contributed by atoms with E-state index in [-0.39, 0.29) is 17.9 Å². The first-order valence-electron chi connectivity index (χ1n) is 5.60. The molecule has 15 heavy (non-hydrogen) atoms. The fourth-order valence-corrected chi connectivity index (χ4v) is 2.14. The van der Waals surface area contributed by atoms with E-state index in [2.05, 4.69) is 12.2 Å². The normalized spacial score (nSPS) is 27.7. The van der Waals surface area contributed by atoms with Crippen LogP contribution in [0.2, 0.25) is 0 Å². The molecular formula is C11H20ClNO2. The van der Waals surface area contributed by atoms with Crippen molar-refractivity contribution in [2.75, 3.05) is 19.0 Å². The van der Waals surface area contributed by atoms with Gasteiger partial charge in [0.2, 0.25) is 5.91 Å². The number of ether oxygens (including phenoxy) is 1. The molecule has 0 aromatic heterocycles. The van der Waals surface area contributed by atoms with Crippen LogP contribution in [0.4, 0.5) is 0 Å². The Morgan fingerprint density at radius 3 is 2.93 bits per heavy atom. The smallest absolute Gasteiger partial charge is 0.225 e. The van der Waals surface area contributed by atoms with Crippen molar-refractivity contribution in [3.8, 4) is 0 Å². The predicted octanol–water partition coefficient (Wildman–Crippen LogP) is 1.79. The van der Waals surface area contributed by atoms with E-state index >= 15 is 0 Å². The Bertz CT molecular complexity index is 211. The zero-order valence-electron chi connectivity index (χ0n) is 9.46. The summed E-state index contributed by atoms with van der Waals surface area (Å²) < 4.78 is 5.36. The molecule has 1 heterocycles. The number of halogens is 1. The summed E-state index contributed by atoms with van der Waals surface area (Å²) in [6.45, 7) is 5.47. The van der Waals surface area contributed by atoms with Crippen LogP contribution in [0, 0.1) is 11.8 Å². The van der Waals surface area contributed by atoms with Crippen molar-refractivity contribution in [3.05, 3.63) is 0 Å². The number of nitrogens with one attached hydrogen (secondary N) is 1. The van der Waals surface area contributed by atoms with E-state index in [1.165, 1.54) is 0 Å². The molecule has 1 fully saturated rings. The third kappa shape index (κ3) is 3.99. The maximum absolute atomic E-state index is 11.7. The highest BCUT2D eigenvalue weighted by atomic mass is 35.5. The highest BCUT2D eigenvalue weighted by Crippen LogP contribution is 2.20. The molecule has 3 unspecified atom stereocenters. The molecule has 1 aliphatic heterocycles. The van der Waals surface area contributed by atoms with E-state index < -0.39 is 0 Å². The van der Waals surface area contributed by atoms with E-state index in [4.69, 9.17) is 16.3 Å². The van der Waals surface area contributed by atoms with E-state index in [0.29, 0.717) is 18.4 Å². The molecule has 0 radical (unpaired) electrons. The lowest BCUT2D eigenvalue weighted by Gasteiger charge is -2.16. The molecule has 1 saturated heterocycles. The highest BCUT2D eigenvalue weighted by molar-refractivity contribution is 6.17. The Morgan fingerprint density at radius 1 is 1.67 bits per heavy atom. The van der Waals surface area contributed by atoms with Gasteiger partial charge in [-0.1, -0.05) is 6.92 Å². The van der Waals surface area contributed by atoms with E-state index in [0.717, 1.165) is 19.4 Å². The van der Waals surface area contributed by atoms with Gasteiger partial charge in [0.15, 0.2) is 0 Å². The lowest BCUT2D eigenvalue weighted by molar-refractivity contribution is -0.126. The Morgan fingerprint density at radius 2 is 2.40 bits per heavy atom. The summed E-state index contributed by atoms with van der Waals surface area (Å²) in [5.74, 6) is 1.26. The number of hydrogen-bond acceptors (Lipinski definition) is 2. The Balaban J connectivity index is 2.23. The second-order valence-corrected chi connectivity index (χ2v) is 4.68. The maximum atomic E-state index is 11.7. The molecule has 1 N–H and O–H groups in total. The van der Waals surface area contributed by atoms with Crippen LogP contribution in [0.3, 0.4) is 0 Å². The third-order valence-electron chi connectivity index (χ3n) is 2.94. The standard InChI is InChI=1S/C11H20ClNO2/c1-8(3-5-12)7-13-11(14)10-4-6-15-9(10)2/h8-10H,3-7H2,1-2H3,(H,13,14). The molecule has 3 atom stereocenters. The van der Waals surface area contributed by atoms with Crippen molar-refractivity contribution in [2.45, 2.75) is 32.8 Å². The molecule has 0 bridgehead atoms. The Hall–Kier alpha value is -0.280. The van der Waals surface area contributed by atoms with Crippen LogP contribution >= 0.6 is 11.6 Å². The van der Waals surface area contributed by atoms with Crippen molar-refractivity contribution < 1.29 is 9.53 Å². The molecule has 0 aromatic carbocycles. The summed E-state index contributed by atoms with van der Waals surface area (Å²) in [4.78, 5) is 11.7. The first-order chi connectivity index (χ1) is 7.15. The van der Waals surface area contributed by atoms with Gasteiger partial charge in [0, 0.05) is 19.0 Å². The van der Waals surface area contributed by atoms with Crippen LogP contribution in [-0.4, -0.2) is 31.0 Å². The van der Waals surface area contributed by atoms with Crippen molar-refractivity contribution in [1.82, 2.24) is 5.32 Å². The summed E-state index contributed by atoms with van der Waals surface area (Å²) in [6, 6.07) is 0. The Kier molecular flexibility index (Phi) is 5.40. The second kappa shape index (κ2) is 6.33. The van der Waals surface area contributed by atoms with Gasteiger partial charge < -0.3 is 10.1 Å². The number of rotatable bonds is 5. The molecule has 1 aliphatic rings. The van der Waals surface area contributed by atoms with Gasteiger partial charge in [-0.05, 0) is 25.7 Å². The van der Waals surface area contributed by atoms with Crippen LogP contribution in [0.5, 0.6) is 0 Å². The van der Waals surface area contributed by atoms with E-state index in [1.54, 1.807) is 0 Å². The largest absolute Gasteiger partial charge is 0.378 e. The van der Waals surface area contributed by atoms with Crippen molar-refractivity contribution >= 4 is 17.5 Å². The average molecular weight is 234 g/mol. The molecule has 0 saturated carbocycles. The summed E-state index contributed by atoms with van der Waals surface area (Å²) in [5.41, 5.74) is 0. The minimum atomic E-state index is 0.0354. The number of alkyl halides is 1. The molecule has 4 heteroatoms. The summed E-state index contributed by atoms with van der Waals surface area (Å²) in [7, 11) is 0. The fraction of sp³-hybridized carbons (Fsp3) is 0.909. The zero-order valence-corrected chi connectivity index (χ0v) is 10.2. The van der Waals surface area contributed by atoms with Gasteiger partial charge in [-0.2, -0.15) is 0 Å². The van der Waals surface area contributed by atoms with Crippen molar-refractivity contribution in [2.24, 2.45) is 11.8 Å². The monoisotopic (exact) mass is 233 g/mol. The second-order valence-electron chi connectivity index (χ2n) is 4.30. The molecule has 88 valence electrons. The number of amides is 1. The minimum absolute atomic E-state index is 0.0354. The third-order valence-corrected chi connectivity index (χ3v) is 3.16. The van der Waals surface area contributed by atoms with Crippen LogP contribution in [0.25, 0.3) is 0 Å². The van der Waals surface area contributed by atoms with Crippen molar-refractivity contribution in [1.29, 1.82) is 0 Å². The SMILES string of the molecule is CC(CCCl)CNC(=O)C1CCOC1C. The molecular weight excluding hydrogens is 214 g/mol. The zero-order chi connectivity index (χ0) is 11.3. The van der Waals surface area contributed by atoms with Gasteiger partial charge >= 0.3 is 0 Å². The van der Waals surface area contributed by atoms with Gasteiger partial charge in [-0.25, -0.2) is 0 Å². The Labute approximate surface area is 96.5 Å². The quantitative estimate of drug-likeness (QED) is 0.736. The van der Waals surface area contributed by atoms with E-state index in [1.807, 2.05) is 6.92 Å². The topological polar surface area (TPSA) is 38.3 Å². The summed E-state index contributed by atoms with van der Waals surface area (Å²) in [5, 5.41) is 2.96. The van der Waals surface area contributed by atoms with Gasteiger partial charge in [0.05, 0.1) is 12.0 Å². The summed E-state index contributed by atoms with van der Waals surface area (Å²) >= 11 is 5.63.